The molecule has 1 saturated carbocycles. The summed E-state index contributed by atoms with van der Waals surface area (Å²) in [5.74, 6) is -0.139. The van der Waals surface area contributed by atoms with E-state index >= 15 is 0 Å². The number of nitrogens with one attached hydrogen (secondary N) is 1. The number of carbonyl (C=O) groups is 1. The Bertz CT molecular complexity index is 531. The van der Waals surface area contributed by atoms with Crippen LogP contribution in [-0.2, 0) is 7.05 Å². The third-order valence-corrected chi connectivity index (χ3v) is 3.91. The van der Waals surface area contributed by atoms with Gasteiger partial charge in [0.25, 0.3) is 11.5 Å². The van der Waals surface area contributed by atoms with Crippen LogP contribution in [-0.4, -0.2) is 16.5 Å². The molecule has 1 fully saturated rings. The number of hydrogen-bond acceptors (Lipinski definition) is 2. The van der Waals surface area contributed by atoms with Crippen molar-refractivity contribution >= 4 is 5.91 Å². The molecule has 1 N–H and O–H groups in total. The molecule has 0 aliphatic heterocycles. The molecule has 1 aliphatic carbocycles. The standard InChI is InChI=1S/C15H22N2O2/c1-15(2)7-4-5-12(10-15)16-14(19)11-6-8-17(3)13(18)9-11/h6,8-9,12H,4-5,7,10H2,1-3H3,(H,16,19). The Kier molecular flexibility index (Phi) is 3.78. The van der Waals surface area contributed by atoms with Crippen LogP contribution in [0.2, 0.25) is 0 Å². The van der Waals surface area contributed by atoms with E-state index in [0.29, 0.717) is 11.0 Å². The van der Waals surface area contributed by atoms with Crippen LogP contribution < -0.4 is 10.9 Å². The second kappa shape index (κ2) is 5.19. The average molecular weight is 262 g/mol. The van der Waals surface area contributed by atoms with Crippen molar-refractivity contribution in [2.75, 3.05) is 0 Å². The summed E-state index contributed by atoms with van der Waals surface area (Å²) in [5.41, 5.74) is 0.589. The highest BCUT2D eigenvalue weighted by molar-refractivity contribution is 5.94. The van der Waals surface area contributed by atoms with E-state index in [-0.39, 0.29) is 17.5 Å². The first kappa shape index (κ1) is 13.8. The van der Waals surface area contributed by atoms with Gasteiger partial charge >= 0.3 is 0 Å². The molecule has 19 heavy (non-hydrogen) atoms. The maximum atomic E-state index is 12.1. The Balaban J connectivity index is 2.04. The second-order valence-electron chi connectivity index (χ2n) is 6.30. The van der Waals surface area contributed by atoms with Crippen molar-refractivity contribution in [3.63, 3.8) is 0 Å². The minimum atomic E-state index is -0.156. The van der Waals surface area contributed by atoms with Gasteiger partial charge in [-0.3, -0.25) is 9.59 Å². The molecule has 0 radical (unpaired) electrons. The van der Waals surface area contributed by atoms with Crippen molar-refractivity contribution < 1.29 is 4.79 Å². The smallest absolute Gasteiger partial charge is 0.251 e. The Morgan fingerprint density at radius 3 is 2.84 bits per heavy atom. The largest absolute Gasteiger partial charge is 0.349 e. The Morgan fingerprint density at radius 2 is 2.21 bits per heavy atom. The number of amides is 1. The van der Waals surface area contributed by atoms with E-state index in [4.69, 9.17) is 0 Å². The lowest BCUT2D eigenvalue weighted by molar-refractivity contribution is 0.0902. The minimum Gasteiger partial charge on any atom is -0.349 e. The summed E-state index contributed by atoms with van der Waals surface area (Å²) in [5, 5.41) is 3.05. The molecule has 1 aromatic rings. The van der Waals surface area contributed by atoms with Gasteiger partial charge in [0.1, 0.15) is 0 Å². The third-order valence-electron chi connectivity index (χ3n) is 3.91. The van der Waals surface area contributed by atoms with Crippen LogP contribution >= 0.6 is 0 Å². The minimum absolute atomic E-state index is 0.139. The molecule has 4 heteroatoms. The Morgan fingerprint density at radius 1 is 1.47 bits per heavy atom. The molecule has 0 aromatic carbocycles. The highest BCUT2D eigenvalue weighted by atomic mass is 16.2. The van der Waals surface area contributed by atoms with Gasteiger partial charge in [-0.1, -0.05) is 20.3 Å². The maximum Gasteiger partial charge on any atom is 0.251 e. The van der Waals surface area contributed by atoms with Crippen molar-refractivity contribution in [2.45, 2.75) is 45.6 Å². The van der Waals surface area contributed by atoms with Crippen molar-refractivity contribution in [1.82, 2.24) is 9.88 Å². The van der Waals surface area contributed by atoms with Crippen LogP contribution in [0.4, 0.5) is 0 Å². The quantitative estimate of drug-likeness (QED) is 0.887. The summed E-state index contributed by atoms with van der Waals surface area (Å²) in [6.45, 7) is 4.48. The zero-order chi connectivity index (χ0) is 14.0. The number of pyridine rings is 1. The number of nitrogens with zero attached hydrogens (tertiary/aromatic N) is 1. The van der Waals surface area contributed by atoms with Gasteiger partial charge in [-0.25, -0.2) is 0 Å². The first-order chi connectivity index (χ1) is 8.87. The number of carbonyl (C=O) groups excluding carboxylic acids is 1. The van der Waals surface area contributed by atoms with E-state index in [2.05, 4.69) is 19.2 Å². The van der Waals surface area contributed by atoms with Crippen molar-refractivity contribution in [3.8, 4) is 0 Å². The molecule has 1 atom stereocenters. The second-order valence-corrected chi connectivity index (χ2v) is 6.30. The molecule has 0 bridgehead atoms. The summed E-state index contributed by atoms with van der Waals surface area (Å²) in [6.07, 6.45) is 6.02. The lowest BCUT2D eigenvalue weighted by Crippen LogP contribution is -2.41. The lowest BCUT2D eigenvalue weighted by Gasteiger charge is -2.35. The van der Waals surface area contributed by atoms with Gasteiger partial charge in [0.05, 0.1) is 0 Å². The third kappa shape index (κ3) is 3.46. The SMILES string of the molecule is Cn1ccc(C(=O)NC2CCCC(C)(C)C2)cc1=O. The van der Waals surface area contributed by atoms with Crippen LogP contribution in [0.25, 0.3) is 0 Å². The first-order valence-electron chi connectivity index (χ1n) is 6.85. The fourth-order valence-corrected chi connectivity index (χ4v) is 2.78. The van der Waals surface area contributed by atoms with E-state index in [9.17, 15) is 9.59 Å². The zero-order valence-corrected chi connectivity index (χ0v) is 11.9. The average Bonchev–Trinajstić information content (AvgIpc) is 2.31. The molecule has 0 saturated heterocycles. The monoisotopic (exact) mass is 262 g/mol. The van der Waals surface area contributed by atoms with Gasteiger partial charge in [0, 0.05) is 30.9 Å². The molecule has 1 aliphatic rings. The van der Waals surface area contributed by atoms with Crippen molar-refractivity contribution in [3.05, 3.63) is 34.2 Å². The zero-order valence-electron chi connectivity index (χ0n) is 11.9. The predicted octanol–water partition coefficient (Wildman–Crippen LogP) is 2.08. The Labute approximate surface area is 113 Å². The normalized spacial score (nSPS) is 21.9. The number of rotatable bonds is 2. The van der Waals surface area contributed by atoms with E-state index in [1.807, 2.05) is 0 Å². The molecule has 2 rings (SSSR count). The van der Waals surface area contributed by atoms with Gasteiger partial charge in [-0.05, 0) is 30.7 Å². The van der Waals surface area contributed by atoms with E-state index in [0.717, 1.165) is 19.3 Å². The maximum absolute atomic E-state index is 12.1. The molecule has 1 aromatic heterocycles. The first-order valence-corrected chi connectivity index (χ1v) is 6.85. The molecular formula is C15H22N2O2. The molecule has 104 valence electrons. The van der Waals surface area contributed by atoms with Gasteiger partial charge < -0.3 is 9.88 Å². The van der Waals surface area contributed by atoms with Gasteiger partial charge in [-0.2, -0.15) is 0 Å². The number of hydrogen-bond donors (Lipinski definition) is 1. The topological polar surface area (TPSA) is 51.1 Å². The summed E-state index contributed by atoms with van der Waals surface area (Å²) < 4.78 is 1.46. The van der Waals surface area contributed by atoms with E-state index < -0.39 is 0 Å². The predicted molar refractivity (Wildman–Crippen MR) is 75.2 cm³/mol. The van der Waals surface area contributed by atoms with Crippen LogP contribution in [0.1, 0.15) is 49.9 Å². The molecule has 4 nitrogen and oxygen atoms in total. The van der Waals surface area contributed by atoms with Crippen LogP contribution in [0.3, 0.4) is 0 Å². The molecule has 1 amide bonds. The fourth-order valence-electron chi connectivity index (χ4n) is 2.78. The van der Waals surface area contributed by atoms with E-state index in [1.54, 1.807) is 19.3 Å². The highest BCUT2D eigenvalue weighted by Crippen LogP contribution is 2.35. The summed E-state index contributed by atoms with van der Waals surface area (Å²) in [7, 11) is 1.67. The molecule has 1 unspecified atom stereocenters. The van der Waals surface area contributed by atoms with Crippen LogP contribution in [0, 0.1) is 5.41 Å². The van der Waals surface area contributed by atoms with Crippen molar-refractivity contribution in [2.24, 2.45) is 12.5 Å². The summed E-state index contributed by atoms with van der Waals surface area (Å²) in [4.78, 5) is 23.7. The number of aryl methyl sites for hydroxylation is 1. The van der Waals surface area contributed by atoms with Gasteiger partial charge in [-0.15, -0.1) is 0 Å². The molecular weight excluding hydrogens is 240 g/mol. The van der Waals surface area contributed by atoms with Gasteiger partial charge in [0.2, 0.25) is 0 Å². The number of aromatic nitrogens is 1. The van der Waals surface area contributed by atoms with E-state index in [1.165, 1.54) is 17.1 Å². The molecule has 0 spiro atoms. The lowest BCUT2D eigenvalue weighted by atomic mass is 9.75. The summed E-state index contributed by atoms with van der Waals surface area (Å²) in [6, 6.07) is 3.30. The van der Waals surface area contributed by atoms with Crippen molar-refractivity contribution in [1.29, 1.82) is 0 Å². The Hall–Kier alpha value is -1.58. The fraction of sp³-hybridized carbons (Fsp3) is 0.600. The van der Waals surface area contributed by atoms with Gasteiger partial charge in [0.15, 0.2) is 0 Å². The molecule has 1 heterocycles. The van der Waals surface area contributed by atoms with Crippen LogP contribution in [0.5, 0.6) is 0 Å². The summed E-state index contributed by atoms with van der Waals surface area (Å²) >= 11 is 0. The highest BCUT2D eigenvalue weighted by Gasteiger charge is 2.28. The van der Waals surface area contributed by atoms with Crippen LogP contribution in [0.15, 0.2) is 23.1 Å².